The Bertz CT molecular complexity index is 301. The number of carbonyl (C=O) groups excluding carboxylic acids is 2. The Morgan fingerprint density at radius 1 is 1.33 bits per heavy atom. The minimum Gasteiger partial charge on any atom is -0.468 e. The van der Waals surface area contributed by atoms with Gasteiger partial charge >= 0.3 is 5.97 Å². The highest BCUT2D eigenvalue weighted by Gasteiger charge is 2.35. The van der Waals surface area contributed by atoms with Crippen LogP contribution in [0.1, 0.15) is 40.0 Å². The number of carbonyl (C=O) groups is 2. The van der Waals surface area contributed by atoms with Gasteiger partial charge in [0.25, 0.3) is 0 Å². The first-order chi connectivity index (χ1) is 8.45. The zero-order valence-corrected chi connectivity index (χ0v) is 11.9. The number of hydrogen-bond donors (Lipinski definition) is 1. The lowest BCUT2D eigenvalue weighted by Crippen LogP contribution is -2.42. The minimum absolute atomic E-state index is 0.00523. The molecule has 0 spiro atoms. The van der Waals surface area contributed by atoms with Crippen molar-refractivity contribution in [1.29, 1.82) is 0 Å². The highest BCUT2D eigenvalue weighted by molar-refractivity contribution is 5.83. The van der Waals surface area contributed by atoms with Gasteiger partial charge in [-0.1, -0.05) is 27.2 Å². The number of methoxy groups -OCH3 is 1. The van der Waals surface area contributed by atoms with Crippen LogP contribution in [0, 0.1) is 23.7 Å². The second-order valence-electron chi connectivity index (χ2n) is 5.73. The fraction of sp³-hybridized carbons (Fsp3) is 0.857. The predicted octanol–water partition coefficient (Wildman–Crippen LogP) is 1.98. The number of esters is 1. The summed E-state index contributed by atoms with van der Waals surface area (Å²) in [6, 6.07) is 0. The molecule has 3 unspecified atom stereocenters. The summed E-state index contributed by atoms with van der Waals surface area (Å²) in [5.74, 6) is 1.18. The van der Waals surface area contributed by atoms with E-state index in [4.69, 9.17) is 0 Å². The SMILES string of the molecule is COC(=O)CNC(=O)C1CC(C)CCC1C(C)C. The fourth-order valence-corrected chi connectivity index (χ4v) is 2.87. The van der Waals surface area contributed by atoms with E-state index >= 15 is 0 Å². The zero-order valence-electron chi connectivity index (χ0n) is 11.9. The van der Waals surface area contributed by atoms with Gasteiger partial charge in [0.1, 0.15) is 6.54 Å². The molecule has 1 saturated carbocycles. The van der Waals surface area contributed by atoms with Gasteiger partial charge in [0.15, 0.2) is 0 Å². The number of rotatable bonds is 4. The molecule has 1 aliphatic carbocycles. The number of nitrogens with one attached hydrogen (secondary N) is 1. The molecule has 1 rings (SSSR count). The van der Waals surface area contributed by atoms with Crippen molar-refractivity contribution in [3.8, 4) is 0 Å². The predicted molar refractivity (Wildman–Crippen MR) is 69.9 cm³/mol. The van der Waals surface area contributed by atoms with Crippen molar-refractivity contribution in [3.63, 3.8) is 0 Å². The molecular weight excluding hydrogens is 230 g/mol. The molecule has 4 heteroatoms. The van der Waals surface area contributed by atoms with Gasteiger partial charge in [0, 0.05) is 5.92 Å². The van der Waals surface area contributed by atoms with Crippen molar-refractivity contribution in [3.05, 3.63) is 0 Å². The van der Waals surface area contributed by atoms with Gasteiger partial charge in [-0.05, 0) is 30.6 Å². The van der Waals surface area contributed by atoms with E-state index in [-0.39, 0.29) is 18.4 Å². The second kappa shape index (κ2) is 6.76. The molecule has 0 saturated heterocycles. The monoisotopic (exact) mass is 255 g/mol. The summed E-state index contributed by atoms with van der Waals surface area (Å²) in [6.45, 7) is 6.50. The van der Waals surface area contributed by atoms with Crippen LogP contribution in [0.4, 0.5) is 0 Å². The Morgan fingerprint density at radius 3 is 2.56 bits per heavy atom. The summed E-state index contributed by atoms with van der Waals surface area (Å²) in [7, 11) is 1.33. The van der Waals surface area contributed by atoms with Crippen LogP contribution >= 0.6 is 0 Å². The molecule has 0 aromatic heterocycles. The van der Waals surface area contributed by atoms with Crippen LogP contribution in [-0.4, -0.2) is 25.5 Å². The van der Waals surface area contributed by atoms with Gasteiger partial charge in [0.2, 0.25) is 5.91 Å². The molecule has 1 fully saturated rings. The first-order valence-corrected chi connectivity index (χ1v) is 6.80. The van der Waals surface area contributed by atoms with Crippen LogP contribution in [0.25, 0.3) is 0 Å². The van der Waals surface area contributed by atoms with Crippen LogP contribution in [-0.2, 0) is 14.3 Å². The van der Waals surface area contributed by atoms with Crippen LogP contribution < -0.4 is 5.32 Å². The molecule has 0 aromatic carbocycles. The van der Waals surface area contributed by atoms with Crippen molar-refractivity contribution >= 4 is 11.9 Å². The summed E-state index contributed by atoms with van der Waals surface area (Å²) in [5.41, 5.74) is 0. The van der Waals surface area contributed by atoms with E-state index in [1.54, 1.807) is 0 Å². The maximum atomic E-state index is 12.2. The first kappa shape index (κ1) is 15.0. The number of amides is 1. The molecule has 0 bridgehead atoms. The molecule has 1 aliphatic rings. The van der Waals surface area contributed by atoms with E-state index < -0.39 is 5.97 Å². The Kier molecular flexibility index (Phi) is 5.63. The third-order valence-electron chi connectivity index (χ3n) is 3.99. The summed E-state index contributed by atoms with van der Waals surface area (Å²) in [4.78, 5) is 23.2. The molecule has 0 aromatic rings. The van der Waals surface area contributed by atoms with Gasteiger partial charge in [-0.3, -0.25) is 9.59 Å². The first-order valence-electron chi connectivity index (χ1n) is 6.80. The van der Waals surface area contributed by atoms with Gasteiger partial charge in [-0.15, -0.1) is 0 Å². The number of hydrogen-bond acceptors (Lipinski definition) is 3. The number of ether oxygens (including phenoxy) is 1. The van der Waals surface area contributed by atoms with Gasteiger partial charge in [-0.2, -0.15) is 0 Å². The average molecular weight is 255 g/mol. The second-order valence-corrected chi connectivity index (χ2v) is 5.73. The lowest BCUT2D eigenvalue weighted by Gasteiger charge is -2.36. The van der Waals surface area contributed by atoms with Crippen molar-refractivity contribution in [2.75, 3.05) is 13.7 Å². The molecule has 0 radical (unpaired) electrons. The van der Waals surface area contributed by atoms with Crippen molar-refractivity contribution in [2.24, 2.45) is 23.7 Å². The zero-order chi connectivity index (χ0) is 13.7. The van der Waals surface area contributed by atoms with E-state index in [9.17, 15) is 9.59 Å². The molecular formula is C14H25NO3. The maximum absolute atomic E-state index is 12.2. The van der Waals surface area contributed by atoms with Crippen LogP contribution in [0.15, 0.2) is 0 Å². The maximum Gasteiger partial charge on any atom is 0.325 e. The molecule has 3 atom stereocenters. The summed E-state index contributed by atoms with van der Waals surface area (Å²) in [5, 5.41) is 2.70. The summed E-state index contributed by atoms with van der Waals surface area (Å²) < 4.78 is 4.53. The summed E-state index contributed by atoms with van der Waals surface area (Å²) >= 11 is 0. The van der Waals surface area contributed by atoms with Gasteiger partial charge in [-0.25, -0.2) is 0 Å². The van der Waals surface area contributed by atoms with Gasteiger partial charge < -0.3 is 10.1 Å². The van der Waals surface area contributed by atoms with E-state index in [0.29, 0.717) is 17.8 Å². The van der Waals surface area contributed by atoms with E-state index in [0.717, 1.165) is 12.8 Å². The lowest BCUT2D eigenvalue weighted by molar-refractivity contribution is -0.142. The highest BCUT2D eigenvalue weighted by Crippen LogP contribution is 2.37. The van der Waals surface area contributed by atoms with Gasteiger partial charge in [0.05, 0.1) is 7.11 Å². The third kappa shape index (κ3) is 4.00. The minimum atomic E-state index is -0.395. The third-order valence-corrected chi connectivity index (χ3v) is 3.99. The Labute approximate surface area is 109 Å². The van der Waals surface area contributed by atoms with E-state index in [1.165, 1.54) is 13.5 Å². The van der Waals surface area contributed by atoms with Crippen LogP contribution in [0.3, 0.4) is 0 Å². The van der Waals surface area contributed by atoms with Crippen LogP contribution in [0.2, 0.25) is 0 Å². The van der Waals surface area contributed by atoms with Crippen LogP contribution in [0.5, 0.6) is 0 Å². The largest absolute Gasteiger partial charge is 0.468 e. The highest BCUT2D eigenvalue weighted by atomic mass is 16.5. The molecule has 18 heavy (non-hydrogen) atoms. The molecule has 104 valence electrons. The van der Waals surface area contributed by atoms with E-state index in [2.05, 4.69) is 30.8 Å². The molecule has 1 amide bonds. The molecule has 4 nitrogen and oxygen atoms in total. The Hall–Kier alpha value is -1.06. The topological polar surface area (TPSA) is 55.4 Å². The molecule has 0 aliphatic heterocycles. The lowest BCUT2D eigenvalue weighted by atomic mass is 9.70. The molecule has 0 heterocycles. The quantitative estimate of drug-likeness (QED) is 0.782. The smallest absolute Gasteiger partial charge is 0.325 e. The Morgan fingerprint density at radius 2 is 2.00 bits per heavy atom. The van der Waals surface area contributed by atoms with E-state index in [1.807, 2.05) is 0 Å². The fourth-order valence-electron chi connectivity index (χ4n) is 2.87. The molecule has 1 N–H and O–H groups in total. The van der Waals surface area contributed by atoms with Crippen molar-refractivity contribution in [1.82, 2.24) is 5.32 Å². The normalized spacial score (nSPS) is 27.9. The summed E-state index contributed by atoms with van der Waals surface area (Å²) in [6.07, 6.45) is 3.23. The Balaban J connectivity index is 2.58. The average Bonchev–Trinajstić information content (AvgIpc) is 2.34. The van der Waals surface area contributed by atoms with Crippen molar-refractivity contribution < 1.29 is 14.3 Å². The standard InChI is InChI=1S/C14H25NO3/c1-9(2)11-6-5-10(3)7-12(11)14(17)15-8-13(16)18-4/h9-12H,5-8H2,1-4H3,(H,15,17). The van der Waals surface area contributed by atoms with Crippen molar-refractivity contribution in [2.45, 2.75) is 40.0 Å².